The maximum absolute atomic E-state index is 13.8. The van der Waals surface area contributed by atoms with Gasteiger partial charge in [-0.05, 0) is 47.6 Å². The molecule has 1 atom stereocenters. The number of carbonyl (C=O) groups is 2. The van der Waals surface area contributed by atoms with Gasteiger partial charge < -0.3 is 10.2 Å². The smallest absolute Gasteiger partial charge is 0.265 e. The lowest BCUT2D eigenvalue weighted by molar-refractivity contribution is -0.141. The summed E-state index contributed by atoms with van der Waals surface area (Å²) in [5.41, 5.74) is 3.59. The Morgan fingerprint density at radius 2 is 1.60 bits per heavy atom. The van der Waals surface area contributed by atoms with Crippen LogP contribution in [0.1, 0.15) is 29.5 Å². The summed E-state index contributed by atoms with van der Waals surface area (Å²) in [6, 6.07) is 27.6. The number of aryl methyl sites for hydroxylation is 1. The van der Waals surface area contributed by atoms with E-state index >= 15 is 0 Å². The van der Waals surface area contributed by atoms with Gasteiger partial charge in [-0.1, -0.05) is 78.9 Å². The molecule has 0 radical (unpaired) electrons. The van der Waals surface area contributed by atoms with Gasteiger partial charge in [0.05, 0.1) is 10.6 Å². The van der Waals surface area contributed by atoms with Crippen molar-refractivity contribution < 1.29 is 18.0 Å². The highest BCUT2D eigenvalue weighted by Crippen LogP contribution is 2.42. The van der Waals surface area contributed by atoms with Crippen molar-refractivity contribution in [1.29, 1.82) is 0 Å². The van der Waals surface area contributed by atoms with Crippen molar-refractivity contribution in [3.8, 4) is 0 Å². The fraction of sp³-hybridized carbons (Fsp3) is 0.250. The van der Waals surface area contributed by atoms with E-state index in [-0.39, 0.29) is 31.3 Å². The number of likely N-dealkylation sites (N-methyl/N-ethyl adjacent to an activating group) is 1. The highest BCUT2D eigenvalue weighted by molar-refractivity contribution is 7.93. The van der Waals surface area contributed by atoms with E-state index in [1.165, 1.54) is 4.31 Å². The second kappa shape index (κ2) is 11.5. The van der Waals surface area contributed by atoms with Gasteiger partial charge in [-0.2, -0.15) is 0 Å². The summed E-state index contributed by atoms with van der Waals surface area (Å²) in [6.07, 6.45) is 0.793. The molecule has 4 aromatic carbocycles. The van der Waals surface area contributed by atoms with Gasteiger partial charge in [0.25, 0.3) is 10.0 Å². The first-order chi connectivity index (χ1) is 19.3. The van der Waals surface area contributed by atoms with Crippen LogP contribution in [0.15, 0.2) is 95.9 Å². The number of nitrogens with one attached hydrogen (secondary N) is 1. The van der Waals surface area contributed by atoms with Gasteiger partial charge in [-0.25, -0.2) is 8.42 Å². The van der Waals surface area contributed by atoms with Crippen molar-refractivity contribution in [2.24, 2.45) is 0 Å². The molecule has 7 nitrogen and oxygen atoms in total. The summed E-state index contributed by atoms with van der Waals surface area (Å²) in [5.74, 6) is -0.435. The SMILES string of the molecule is CNC(=O)C(Cc1ccccc1)N(Cc1ccccc1C)C(=O)CCCN1c2cccc3cccc(c23)S1(=O)=O. The molecule has 1 heterocycles. The summed E-state index contributed by atoms with van der Waals surface area (Å²) in [6.45, 7) is 2.44. The molecule has 0 aromatic heterocycles. The molecule has 5 rings (SSSR count). The predicted octanol–water partition coefficient (Wildman–Crippen LogP) is 4.82. The molecule has 8 heteroatoms. The first-order valence-corrected chi connectivity index (χ1v) is 14.9. The molecule has 1 aliphatic heterocycles. The fourth-order valence-corrected chi connectivity index (χ4v) is 7.16. The molecule has 0 saturated heterocycles. The first-order valence-electron chi connectivity index (χ1n) is 13.4. The van der Waals surface area contributed by atoms with Crippen LogP contribution in [0.3, 0.4) is 0 Å². The Hall–Kier alpha value is -4.17. The van der Waals surface area contributed by atoms with E-state index in [4.69, 9.17) is 0 Å². The van der Waals surface area contributed by atoms with Gasteiger partial charge >= 0.3 is 0 Å². The minimum atomic E-state index is -3.70. The number of hydrogen-bond donors (Lipinski definition) is 1. The molecule has 0 saturated carbocycles. The summed E-state index contributed by atoms with van der Waals surface area (Å²) in [5, 5.41) is 4.33. The van der Waals surface area contributed by atoms with Crippen LogP contribution in [0.4, 0.5) is 5.69 Å². The van der Waals surface area contributed by atoms with Crippen molar-refractivity contribution in [2.75, 3.05) is 17.9 Å². The van der Waals surface area contributed by atoms with Gasteiger partial charge in [-0.15, -0.1) is 0 Å². The van der Waals surface area contributed by atoms with Crippen molar-refractivity contribution >= 4 is 38.3 Å². The Bertz CT molecular complexity index is 1650. The Morgan fingerprint density at radius 1 is 0.900 bits per heavy atom. The molecule has 40 heavy (non-hydrogen) atoms. The lowest BCUT2D eigenvalue weighted by Gasteiger charge is -2.32. The molecule has 1 N–H and O–H groups in total. The van der Waals surface area contributed by atoms with Crippen LogP contribution in [0, 0.1) is 6.92 Å². The number of amides is 2. The van der Waals surface area contributed by atoms with Crippen LogP contribution >= 0.6 is 0 Å². The van der Waals surface area contributed by atoms with E-state index in [9.17, 15) is 18.0 Å². The topological polar surface area (TPSA) is 86.8 Å². The number of nitrogens with zero attached hydrogens (tertiary/aromatic N) is 2. The monoisotopic (exact) mass is 555 g/mol. The van der Waals surface area contributed by atoms with Crippen LogP contribution in [0.2, 0.25) is 0 Å². The molecule has 0 spiro atoms. The number of sulfonamides is 1. The van der Waals surface area contributed by atoms with E-state index in [1.54, 1.807) is 24.1 Å². The Kier molecular flexibility index (Phi) is 7.89. The summed E-state index contributed by atoms with van der Waals surface area (Å²) < 4.78 is 28.1. The highest BCUT2D eigenvalue weighted by Gasteiger charge is 2.36. The van der Waals surface area contributed by atoms with Gasteiger partial charge in [0.1, 0.15) is 6.04 Å². The number of benzene rings is 4. The van der Waals surface area contributed by atoms with Gasteiger partial charge in [0.15, 0.2) is 0 Å². The Balaban J connectivity index is 1.38. The zero-order chi connectivity index (χ0) is 28.3. The van der Waals surface area contributed by atoms with E-state index in [0.29, 0.717) is 23.4 Å². The zero-order valence-corrected chi connectivity index (χ0v) is 23.5. The molecule has 1 aliphatic rings. The lowest BCUT2D eigenvalue weighted by atomic mass is 10.0. The second-order valence-corrected chi connectivity index (χ2v) is 11.9. The average molecular weight is 556 g/mol. The number of rotatable bonds is 10. The third-order valence-corrected chi connectivity index (χ3v) is 9.41. The minimum absolute atomic E-state index is 0.104. The molecular weight excluding hydrogens is 522 g/mol. The van der Waals surface area contributed by atoms with E-state index in [1.807, 2.05) is 85.8 Å². The van der Waals surface area contributed by atoms with E-state index in [2.05, 4.69) is 5.32 Å². The number of carbonyl (C=O) groups excluding carboxylic acids is 2. The van der Waals surface area contributed by atoms with Crippen LogP contribution in [0.5, 0.6) is 0 Å². The van der Waals surface area contributed by atoms with E-state index < -0.39 is 16.1 Å². The van der Waals surface area contributed by atoms with Crippen molar-refractivity contribution in [3.05, 3.63) is 108 Å². The number of anilines is 1. The summed E-state index contributed by atoms with van der Waals surface area (Å²) >= 11 is 0. The normalized spacial score (nSPS) is 14.2. The lowest BCUT2D eigenvalue weighted by Crippen LogP contribution is -2.49. The standard InChI is InChI=1S/C32H33N3O4S/c1-23-11-6-7-14-26(23)22-34(28(32(37)33-2)21-24-12-4-3-5-13-24)30(36)19-10-20-35-27-17-8-15-25-16-9-18-29(31(25)27)40(35,38)39/h3-9,11-18,28H,10,19-22H2,1-2H3,(H,33,37). The van der Waals surface area contributed by atoms with Crippen molar-refractivity contribution in [1.82, 2.24) is 10.2 Å². The maximum Gasteiger partial charge on any atom is 0.265 e. The average Bonchev–Trinajstić information content (AvgIpc) is 3.19. The fourth-order valence-electron chi connectivity index (χ4n) is 5.41. The molecule has 0 fully saturated rings. The molecule has 1 unspecified atom stereocenters. The molecule has 0 bridgehead atoms. The minimum Gasteiger partial charge on any atom is -0.357 e. The molecular formula is C32H33N3O4S. The molecule has 2 amide bonds. The van der Waals surface area contributed by atoms with Crippen molar-refractivity contribution in [2.45, 2.75) is 43.7 Å². The summed E-state index contributed by atoms with van der Waals surface area (Å²) in [4.78, 5) is 28.9. The number of hydrogen-bond acceptors (Lipinski definition) is 4. The maximum atomic E-state index is 13.8. The third kappa shape index (κ3) is 5.31. The largest absolute Gasteiger partial charge is 0.357 e. The quantitative estimate of drug-likeness (QED) is 0.304. The molecule has 0 aliphatic carbocycles. The Morgan fingerprint density at radius 3 is 2.33 bits per heavy atom. The first kappa shape index (κ1) is 27.4. The Labute approximate surface area is 235 Å². The van der Waals surface area contributed by atoms with Crippen molar-refractivity contribution in [3.63, 3.8) is 0 Å². The van der Waals surface area contributed by atoms with Crippen LogP contribution < -0.4 is 9.62 Å². The van der Waals surface area contributed by atoms with Crippen LogP contribution in [-0.4, -0.2) is 44.8 Å². The second-order valence-electron chi connectivity index (χ2n) is 10.1. The van der Waals surface area contributed by atoms with Gasteiger partial charge in [0.2, 0.25) is 11.8 Å². The zero-order valence-electron chi connectivity index (χ0n) is 22.7. The molecule has 206 valence electrons. The van der Waals surface area contributed by atoms with Gasteiger partial charge in [-0.3, -0.25) is 13.9 Å². The predicted molar refractivity (Wildman–Crippen MR) is 157 cm³/mol. The van der Waals surface area contributed by atoms with Gasteiger partial charge in [0, 0.05) is 38.4 Å². The molecule has 4 aromatic rings. The van der Waals surface area contributed by atoms with E-state index in [0.717, 1.165) is 27.5 Å². The van der Waals surface area contributed by atoms with Crippen LogP contribution in [0.25, 0.3) is 10.8 Å². The van der Waals surface area contributed by atoms with Crippen LogP contribution in [-0.2, 0) is 32.6 Å². The third-order valence-electron chi connectivity index (χ3n) is 7.55. The summed E-state index contributed by atoms with van der Waals surface area (Å²) in [7, 11) is -2.12. The highest BCUT2D eigenvalue weighted by atomic mass is 32.2.